The Kier molecular flexibility index (Phi) is 8.44. The Morgan fingerprint density at radius 2 is 1.76 bits per heavy atom. The molecule has 216 valence electrons. The van der Waals surface area contributed by atoms with Gasteiger partial charge in [-0.1, -0.05) is 68.1 Å². The molecule has 1 saturated heterocycles. The van der Waals surface area contributed by atoms with Crippen LogP contribution < -0.4 is 10.2 Å². The minimum absolute atomic E-state index is 0.113. The summed E-state index contributed by atoms with van der Waals surface area (Å²) in [5.74, 6) is 0.741. The van der Waals surface area contributed by atoms with E-state index in [1.807, 2.05) is 48.5 Å². The fourth-order valence-electron chi connectivity index (χ4n) is 4.44. The quantitative estimate of drug-likeness (QED) is 0.266. The highest BCUT2D eigenvalue weighted by Gasteiger charge is 2.32. The molecule has 5 rings (SSSR count). The maximum Gasteiger partial charge on any atom is 0.416 e. The minimum Gasteiger partial charge on any atom is -0.336 e. The highest BCUT2D eigenvalue weighted by atomic mass is 32.2. The number of nitrogens with zero attached hydrogens (tertiary/aromatic N) is 5. The molecule has 1 aliphatic heterocycles. The van der Waals surface area contributed by atoms with Gasteiger partial charge >= 0.3 is 12.2 Å². The summed E-state index contributed by atoms with van der Waals surface area (Å²) >= 11 is 1.24. The van der Waals surface area contributed by atoms with E-state index in [-0.39, 0.29) is 17.6 Å². The van der Waals surface area contributed by atoms with Crippen LogP contribution in [0, 0.1) is 0 Å². The maximum absolute atomic E-state index is 12.8. The number of carbonyl (C=O) groups is 2. The maximum atomic E-state index is 12.8. The van der Waals surface area contributed by atoms with Crippen molar-refractivity contribution < 1.29 is 22.8 Å². The van der Waals surface area contributed by atoms with Crippen LogP contribution in [-0.2, 0) is 17.4 Å². The molecule has 0 spiro atoms. The van der Waals surface area contributed by atoms with Gasteiger partial charge in [0.15, 0.2) is 11.0 Å². The lowest BCUT2D eigenvalue weighted by molar-refractivity contribution is -0.137. The second-order valence-corrected chi connectivity index (χ2v) is 10.8. The van der Waals surface area contributed by atoms with Gasteiger partial charge in [-0.3, -0.25) is 9.69 Å². The van der Waals surface area contributed by atoms with Crippen LogP contribution >= 0.6 is 11.8 Å². The molecule has 0 unspecified atom stereocenters. The number of alkyl halides is 3. The molecular formula is C30H27F3N6O2S. The summed E-state index contributed by atoms with van der Waals surface area (Å²) in [6.45, 7) is 4.45. The van der Waals surface area contributed by atoms with E-state index in [4.69, 9.17) is 0 Å². The number of urea groups is 1. The Morgan fingerprint density at radius 3 is 2.45 bits per heavy atom. The number of amidine groups is 1. The van der Waals surface area contributed by atoms with Gasteiger partial charge in [0, 0.05) is 12.1 Å². The highest BCUT2D eigenvalue weighted by molar-refractivity contribution is 8.15. The van der Waals surface area contributed by atoms with Crippen LogP contribution in [0.1, 0.15) is 36.5 Å². The molecule has 3 aromatic carbocycles. The molecule has 1 fully saturated rings. The molecule has 1 aliphatic rings. The zero-order valence-electron chi connectivity index (χ0n) is 22.8. The Labute approximate surface area is 244 Å². The minimum atomic E-state index is -4.40. The molecule has 0 radical (unpaired) electrons. The van der Waals surface area contributed by atoms with Crippen LogP contribution in [0.15, 0.2) is 84.1 Å². The molecular weight excluding hydrogens is 565 g/mol. The monoisotopic (exact) mass is 592 g/mol. The number of rotatable bonds is 7. The van der Waals surface area contributed by atoms with Gasteiger partial charge in [0.2, 0.25) is 5.91 Å². The number of nitrogens with one attached hydrogen (secondary N) is 1. The first-order valence-corrected chi connectivity index (χ1v) is 14.2. The van der Waals surface area contributed by atoms with Gasteiger partial charge in [-0.2, -0.15) is 18.2 Å². The fourth-order valence-corrected chi connectivity index (χ4v) is 5.30. The van der Waals surface area contributed by atoms with Gasteiger partial charge in [-0.25, -0.2) is 14.5 Å². The summed E-state index contributed by atoms with van der Waals surface area (Å²) in [5, 5.41) is 7.52. The van der Waals surface area contributed by atoms with Crippen LogP contribution in [-0.4, -0.2) is 44.2 Å². The predicted molar refractivity (Wildman–Crippen MR) is 157 cm³/mol. The molecule has 0 bridgehead atoms. The van der Waals surface area contributed by atoms with Crippen LogP contribution in [0.4, 0.5) is 23.7 Å². The SMILES string of the molecule is CC(C)c1ccccc1N1C(=O)CSC1=NC(=O)NCCc1ccc(-c2ncn(-c3ccc(C(F)(F)F)cc3)n2)cc1. The van der Waals surface area contributed by atoms with Gasteiger partial charge in [0.05, 0.1) is 22.7 Å². The first-order chi connectivity index (χ1) is 20.1. The van der Waals surface area contributed by atoms with Gasteiger partial charge in [0.25, 0.3) is 0 Å². The zero-order valence-corrected chi connectivity index (χ0v) is 23.6. The Hall–Kier alpha value is -4.45. The summed E-state index contributed by atoms with van der Waals surface area (Å²) in [6.07, 6.45) is -2.40. The van der Waals surface area contributed by atoms with Gasteiger partial charge in [-0.05, 0) is 53.8 Å². The number of amides is 3. The lowest BCUT2D eigenvalue weighted by Gasteiger charge is -2.21. The van der Waals surface area contributed by atoms with Crippen molar-refractivity contribution in [1.82, 2.24) is 20.1 Å². The molecule has 3 amide bonds. The fraction of sp³-hybridized carbons (Fsp3) is 0.233. The first kappa shape index (κ1) is 29.1. The number of hydrogen-bond acceptors (Lipinski definition) is 5. The van der Waals surface area contributed by atoms with Crippen molar-refractivity contribution in [3.63, 3.8) is 0 Å². The Bertz CT molecular complexity index is 1620. The van der Waals surface area contributed by atoms with Crippen molar-refractivity contribution in [1.29, 1.82) is 0 Å². The molecule has 12 heteroatoms. The predicted octanol–water partition coefficient (Wildman–Crippen LogP) is 6.46. The molecule has 0 saturated carbocycles. The first-order valence-electron chi connectivity index (χ1n) is 13.2. The largest absolute Gasteiger partial charge is 0.416 e. The number of benzene rings is 3. The van der Waals surface area contributed by atoms with Crippen molar-refractivity contribution in [2.45, 2.75) is 32.4 Å². The molecule has 0 atom stereocenters. The van der Waals surface area contributed by atoms with Crippen LogP contribution in [0.3, 0.4) is 0 Å². The molecule has 0 aliphatic carbocycles. The number of carbonyl (C=O) groups excluding carboxylic acids is 2. The van der Waals surface area contributed by atoms with Crippen molar-refractivity contribution in [2.24, 2.45) is 4.99 Å². The van der Waals surface area contributed by atoms with Crippen molar-refractivity contribution in [2.75, 3.05) is 17.2 Å². The van der Waals surface area contributed by atoms with Crippen LogP contribution in [0.2, 0.25) is 0 Å². The molecule has 4 aromatic rings. The van der Waals surface area contributed by atoms with Crippen molar-refractivity contribution in [3.05, 3.63) is 95.8 Å². The van der Waals surface area contributed by atoms with E-state index in [2.05, 4.69) is 34.2 Å². The molecule has 1 N–H and O–H groups in total. The van der Waals surface area contributed by atoms with Gasteiger partial charge in [0.1, 0.15) is 6.33 Å². The third-order valence-corrected chi connectivity index (χ3v) is 7.54. The summed E-state index contributed by atoms with van der Waals surface area (Å²) in [5.41, 5.74) is 3.19. The van der Waals surface area contributed by atoms with Crippen LogP contribution in [0.5, 0.6) is 0 Å². The number of aromatic nitrogens is 3. The summed E-state index contributed by atoms with van der Waals surface area (Å²) in [6, 6.07) is 19.3. The third-order valence-electron chi connectivity index (χ3n) is 6.62. The summed E-state index contributed by atoms with van der Waals surface area (Å²) in [7, 11) is 0. The third kappa shape index (κ3) is 6.54. The molecule has 42 heavy (non-hydrogen) atoms. The van der Waals surface area contributed by atoms with E-state index < -0.39 is 17.8 Å². The Balaban J connectivity index is 1.18. The Morgan fingerprint density at radius 1 is 1.05 bits per heavy atom. The average Bonchev–Trinajstić information content (AvgIpc) is 3.60. The molecule has 8 nitrogen and oxygen atoms in total. The topological polar surface area (TPSA) is 92.5 Å². The lowest BCUT2D eigenvalue weighted by Crippen LogP contribution is -2.32. The number of aliphatic imine (C=N–C) groups is 1. The number of para-hydroxylation sites is 1. The highest BCUT2D eigenvalue weighted by Crippen LogP contribution is 2.33. The van der Waals surface area contributed by atoms with E-state index in [1.54, 1.807) is 0 Å². The van der Waals surface area contributed by atoms with Crippen molar-refractivity contribution in [3.8, 4) is 17.1 Å². The average molecular weight is 593 g/mol. The van der Waals surface area contributed by atoms with Gasteiger partial charge in [-0.15, -0.1) is 5.10 Å². The molecule has 2 heterocycles. The number of anilines is 1. The normalized spacial score (nSPS) is 14.7. The van der Waals surface area contributed by atoms with E-state index in [9.17, 15) is 22.8 Å². The van der Waals surface area contributed by atoms with Crippen LogP contribution in [0.25, 0.3) is 17.1 Å². The number of thioether (sulfide) groups is 1. The van der Waals surface area contributed by atoms with Gasteiger partial charge < -0.3 is 5.32 Å². The van der Waals surface area contributed by atoms with E-state index in [0.29, 0.717) is 29.6 Å². The van der Waals surface area contributed by atoms with E-state index >= 15 is 0 Å². The zero-order chi connectivity index (χ0) is 29.9. The summed E-state index contributed by atoms with van der Waals surface area (Å²) < 4.78 is 39.9. The second kappa shape index (κ2) is 12.2. The summed E-state index contributed by atoms with van der Waals surface area (Å²) in [4.78, 5) is 35.2. The smallest absolute Gasteiger partial charge is 0.336 e. The van der Waals surface area contributed by atoms with E-state index in [1.165, 1.54) is 39.8 Å². The molecule has 1 aromatic heterocycles. The number of halogens is 3. The number of hydrogen-bond donors (Lipinski definition) is 1. The van der Waals surface area contributed by atoms with Crippen molar-refractivity contribution >= 4 is 34.6 Å². The van der Waals surface area contributed by atoms with E-state index in [0.717, 1.165) is 34.5 Å². The lowest BCUT2D eigenvalue weighted by atomic mass is 10.0. The standard InChI is InChI=1S/C30H27F3N6O2S/c1-19(2)24-5-3-4-6-25(24)39-26(40)17-42-29(39)36-28(41)34-16-15-20-7-9-21(10-8-20)27-35-18-38(37-27)23-13-11-22(12-14-23)30(31,32)33/h3-14,18-19H,15-17H2,1-2H3,(H,34,41). The second-order valence-electron chi connectivity index (χ2n) is 9.86.